The zero-order valence-electron chi connectivity index (χ0n) is 11.0. The van der Waals surface area contributed by atoms with Crippen molar-refractivity contribution in [1.82, 2.24) is 5.32 Å². The van der Waals surface area contributed by atoms with Crippen molar-refractivity contribution in [3.63, 3.8) is 0 Å². The minimum atomic E-state index is 0.283. The average molecular weight is 268 g/mol. The van der Waals surface area contributed by atoms with Crippen molar-refractivity contribution in [1.29, 1.82) is 0 Å². The Morgan fingerprint density at radius 2 is 2.06 bits per heavy atom. The summed E-state index contributed by atoms with van der Waals surface area (Å²) in [7, 11) is 0. The predicted molar refractivity (Wildman–Crippen MR) is 76.0 cm³/mol. The van der Waals surface area contributed by atoms with Gasteiger partial charge in [0.25, 0.3) is 0 Å². The monoisotopic (exact) mass is 267 g/mol. The molecule has 3 heteroatoms. The first-order valence-corrected chi connectivity index (χ1v) is 7.26. The SMILES string of the molecule is C[C@@H](NCc1c(O)cccc1Cl)C1CCCCC1. The second kappa shape index (κ2) is 6.44. The Bertz CT molecular complexity index is 368. The molecule has 100 valence electrons. The lowest BCUT2D eigenvalue weighted by Crippen LogP contribution is -2.34. The van der Waals surface area contributed by atoms with Crippen molar-refractivity contribution in [3.05, 3.63) is 28.8 Å². The van der Waals surface area contributed by atoms with E-state index in [9.17, 15) is 5.11 Å². The molecule has 1 aromatic rings. The lowest BCUT2D eigenvalue weighted by atomic mass is 9.84. The first-order chi connectivity index (χ1) is 8.68. The van der Waals surface area contributed by atoms with Gasteiger partial charge in [-0.3, -0.25) is 0 Å². The maximum absolute atomic E-state index is 9.79. The molecule has 0 unspecified atom stereocenters. The zero-order valence-corrected chi connectivity index (χ0v) is 11.7. The number of phenols is 1. The highest BCUT2D eigenvalue weighted by molar-refractivity contribution is 6.31. The lowest BCUT2D eigenvalue weighted by Gasteiger charge is -2.28. The van der Waals surface area contributed by atoms with Crippen LogP contribution >= 0.6 is 11.6 Å². The van der Waals surface area contributed by atoms with Crippen molar-refractivity contribution in [2.24, 2.45) is 5.92 Å². The topological polar surface area (TPSA) is 32.3 Å². The predicted octanol–water partition coefficient (Wildman–Crippen LogP) is 4.10. The third-order valence-corrected chi connectivity index (χ3v) is 4.41. The Labute approximate surface area is 114 Å². The van der Waals surface area contributed by atoms with Crippen LogP contribution in [0.3, 0.4) is 0 Å². The second-order valence-electron chi connectivity index (χ2n) is 5.31. The van der Waals surface area contributed by atoms with Crippen molar-refractivity contribution >= 4 is 11.6 Å². The third-order valence-electron chi connectivity index (χ3n) is 4.05. The number of benzene rings is 1. The van der Waals surface area contributed by atoms with Crippen LogP contribution in [-0.2, 0) is 6.54 Å². The van der Waals surface area contributed by atoms with E-state index in [-0.39, 0.29) is 5.75 Å². The van der Waals surface area contributed by atoms with Gasteiger partial charge in [-0.1, -0.05) is 36.9 Å². The van der Waals surface area contributed by atoms with E-state index in [0.29, 0.717) is 17.6 Å². The molecule has 0 aliphatic heterocycles. The number of halogens is 1. The third kappa shape index (κ3) is 3.39. The van der Waals surface area contributed by atoms with E-state index >= 15 is 0 Å². The van der Waals surface area contributed by atoms with E-state index < -0.39 is 0 Å². The molecule has 1 fully saturated rings. The minimum absolute atomic E-state index is 0.283. The van der Waals surface area contributed by atoms with Crippen LogP contribution in [0.5, 0.6) is 5.75 Å². The van der Waals surface area contributed by atoms with Crippen molar-refractivity contribution in [2.45, 2.75) is 51.6 Å². The highest BCUT2D eigenvalue weighted by Gasteiger charge is 2.20. The maximum atomic E-state index is 9.79. The van der Waals surface area contributed by atoms with Gasteiger partial charge in [-0.2, -0.15) is 0 Å². The van der Waals surface area contributed by atoms with Gasteiger partial charge in [0.1, 0.15) is 5.75 Å². The van der Waals surface area contributed by atoms with E-state index in [0.717, 1.165) is 11.5 Å². The number of hydrogen-bond donors (Lipinski definition) is 2. The van der Waals surface area contributed by atoms with E-state index in [4.69, 9.17) is 11.6 Å². The molecule has 1 aliphatic carbocycles. The van der Waals surface area contributed by atoms with Crippen LogP contribution in [0.15, 0.2) is 18.2 Å². The first-order valence-electron chi connectivity index (χ1n) is 6.88. The standard InChI is InChI=1S/C15H22ClNO/c1-11(12-6-3-2-4-7-12)17-10-13-14(16)8-5-9-15(13)18/h5,8-9,11-12,17-18H,2-4,6-7,10H2,1H3/t11-/m1/s1. The smallest absolute Gasteiger partial charge is 0.121 e. The quantitative estimate of drug-likeness (QED) is 0.861. The van der Waals surface area contributed by atoms with Gasteiger partial charge < -0.3 is 10.4 Å². The molecule has 1 aromatic carbocycles. The molecule has 18 heavy (non-hydrogen) atoms. The number of phenolic OH excluding ortho intramolecular Hbond substituents is 1. The van der Waals surface area contributed by atoms with E-state index in [2.05, 4.69) is 12.2 Å². The van der Waals surface area contributed by atoms with Gasteiger partial charge in [-0.05, 0) is 37.8 Å². The molecular weight excluding hydrogens is 246 g/mol. The fourth-order valence-corrected chi connectivity index (χ4v) is 3.02. The highest BCUT2D eigenvalue weighted by Crippen LogP contribution is 2.28. The van der Waals surface area contributed by atoms with Crippen LogP contribution in [0.4, 0.5) is 0 Å². The van der Waals surface area contributed by atoms with Crippen LogP contribution in [0.25, 0.3) is 0 Å². The van der Waals surface area contributed by atoms with Gasteiger partial charge in [0.2, 0.25) is 0 Å². The molecule has 0 saturated heterocycles. The zero-order chi connectivity index (χ0) is 13.0. The van der Waals surface area contributed by atoms with Crippen molar-refractivity contribution in [2.75, 3.05) is 0 Å². The Morgan fingerprint density at radius 3 is 2.72 bits per heavy atom. The normalized spacial score (nSPS) is 18.8. The Hall–Kier alpha value is -0.730. The minimum Gasteiger partial charge on any atom is -0.508 e. The summed E-state index contributed by atoms with van der Waals surface area (Å²) in [5.41, 5.74) is 0.807. The lowest BCUT2D eigenvalue weighted by molar-refractivity contribution is 0.280. The number of aromatic hydroxyl groups is 1. The molecule has 0 radical (unpaired) electrons. The van der Waals surface area contributed by atoms with Gasteiger partial charge in [-0.25, -0.2) is 0 Å². The Kier molecular flexibility index (Phi) is 4.90. The molecule has 0 aromatic heterocycles. The summed E-state index contributed by atoms with van der Waals surface area (Å²) in [5.74, 6) is 1.05. The van der Waals surface area contributed by atoms with Gasteiger partial charge in [0.05, 0.1) is 0 Å². The summed E-state index contributed by atoms with van der Waals surface area (Å²) < 4.78 is 0. The summed E-state index contributed by atoms with van der Waals surface area (Å²) >= 11 is 6.10. The van der Waals surface area contributed by atoms with Crippen LogP contribution in [0.1, 0.15) is 44.6 Å². The second-order valence-corrected chi connectivity index (χ2v) is 5.71. The van der Waals surface area contributed by atoms with Crippen LogP contribution in [0, 0.1) is 5.92 Å². The number of nitrogens with one attached hydrogen (secondary N) is 1. The molecule has 0 amide bonds. The molecule has 1 atom stereocenters. The summed E-state index contributed by atoms with van der Waals surface area (Å²) in [6, 6.07) is 5.77. The molecule has 1 aliphatic rings. The van der Waals surface area contributed by atoms with Crippen molar-refractivity contribution in [3.8, 4) is 5.75 Å². The fraction of sp³-hybridized carbons (Fsp3) is 0.600. The van der Waals surface area contributed by atoms with Gasteiger partial charge >= 0.3 is 0 Å². The first kappa shape index (κ1) is 13.7. The summed E-state index contributed by atoms with van der Waals surface area (Å²) in [6.45, 7) is 2.88. The molecule has 2 N–H and O–H groups in total. The average Bonchev–Trinajstić information content (AvgIpc) is 2.39. The van der Waals surface area contributed by atoms with Crippen LogP contribution in [-0.4, -0.2) is 11.1 Å². The highest BCUT2D eigenvalue weighted by atomic mass is 35.5. The molecule has 0 spiro atoms. The van der Waals surface area contributed by atoms with Gasteiger partial charge in [0.15, 0.2) is 0 Å². The van der Waals surface area contributed by atoms with E-state index in [1.807, 2.05) is 6.07 Å². The van der Waals surface area contributed by atoms with Crippen molar-refractivity contribution < 1.29 is 5.11 Å². The molecule has 0 bridgehead atoms. The number of hydrogen-bond acceptors (Lipinski definition) is 2. The van der Waals surface area contributed by atoms with E-state index in [1.165, 1.54) is 32.1 Å². The summed E-state index contributed by atoms with van der Waals surface area (Å²) in [5, 5.41) is 13.9. The summed E-state index contributed by atoms with van der Waals surface area (Å²) in [4.78, 5) is 0. The maximum Gasteiger partial charge on any atom is 0.121 e. The van der Waals surface area contributed by atoms with Crippen LogP contribution < -0.4 is 5.32 Å². The molecular formula is C15H22ClNO. The largest absolute Gasteiger partial charge is 0.508 e. The Balaban J connectivity index is 1.90. The Morgan fingerprint density at radius 1 is 1.33 bits per heavy atom. The molecule has 1 saturated carbocycles. The fourth-order valence-electron chi connectivity index (χ4n) is 2.79. The number of rotatable bonds is 4. The van der Waals surface area contributed by atoms with Crippen LogP contribution in [0.2, 0.25) is 5.02 Å². The van der Waals surface area contributed by atoms with E-state index in [1.54, 1.807) is 12.1 Å². The summed E-state index contributed by atoms with van der Waals surface area (Å²) in [6.07, 6.45) is 6.74. The van der Waals surface area contributed by atoms with Gasteiger partial charge in [-0.15, -0.1) is 0 Å². The molecule has 2 rings (SSSR count). The van der Waals surface area contributed by atoms with Gasteiger partial charge in [0, 0.05) is 23.2 Å². The molecule has 0 heterocycles. The molecule has 2 nitrogen and oxygen atoms in total.